The molecular formula is C19H22N6OS. The summed E-state index contributed by atoms with van der Waals surface area (Å²) in [6.45, 7) is 2.43. The Balaban J connectivity index is 1.56. The molecule has 4 heterocycles. The number of carbonyl (C=O) groups excluding carboxylic acids is 1. The monoisotopic (exact) mass is 382 g/mol. The van der Waals surface area contributed by atoms with Crippen LogP contribution in [0.5, 0.6) is 0 Å². The van der Waals surface area contributed by atoms with Gasteiger partial charge in [-0.25, -0.2) is 15.0 Å². The summed E-state index contributed by atoms with van der Waals surface area (Å²) in [7, 11) is 1.65. The molecule has 0 bridgehead atoms. The highest BCUT2D eigenvalue weighted by Crippen LogP contribution is 2.30. The van der Waals surface area contributed by atoms with Crippen LogP contribution in [0, 0.1) is 0 Å². The zero-order chi connectivity index (χ0) is 18.6. The average molecular weight is 382 g/mol. The lowest BCUT2D eigenvalue weighted by Gasteiger charge is -2.34. The Hall–Kier alpha value is -2.74. The second kappa shape index (κ2) is 7.87. The maximum atomic E-state index is 12.2. The van der Waals surface area contributed by atoms with Crippen LogP contribution in [0.2, 0.25) is 0 Å². The van der Waals surface area contributed by atoms with Gasteiger partial charge >= 0.3 is 0 Å². The van der Waals surface area contributed by atoms with E-state index < -0.39 is 0 Å². The van der Waals surface area contributed by atoms with Gasteiger partial charge in [0, 0.05) is 50.0 Å². The van der Waals surface area contributed by atoms with Crippen LogP contribution in [0.3, 0.4) is 0 Å². The molecule has 1 N–H and O–H groups in total. The highest BCUT2D eigenvalue weighted by atomic mass is 32.1. The van der Waals surface area contributed by atoms with E-state index >= 15 is 0 Å². The van der Waals surface area contributed by atoms with Crippen molar-refractivity contribution < 1.29 is 4.79 Å². The molecule has 1 amide bonds. The number of amides is 1. The highest BCUT2D eigenvalue weighted by Gasteiger charge is 2.27. The molecule has 1 aliphatic rings. The lowest BCUT2D eigenvalue weighted by Crippen LogP contribution is -2.37. The predicted molar refractivity (Wildman–Crippen MR) is 105 cm³/mol. The van der Waals surface area contributed by atoms with Crippen LogP contribution in [-0.2, 0) is 6.54 Å². The third kappa shape index (κ3) is 3.71. The second-order valence-electron chi connectivity index (χ2n) is 6.63. The fraction of sp³-hybridized carbons (Fsp3) is 0.368. The molecule has 1 fully saturated rings. The Morgan fingerprint density at radius 2 is 2.26 bits per heavy atom. The first kappa shape index (κ1) is 17.7. The Bertz CT molecular complexity index is 907. The van der Waals surface area contributed by atoms with E-state index in [0.29, 0.717) is 11.5 Å². The number of rotatable bonds is 5. The van der Waals surface area contributed by atoms with Crippen molar-refractivity contribution in [3.8, 4) is 0 Å². The summed E-state index contributed by atoms with van der Waals surface area (Å²) in [5.74, 6) is 2.02. The minimum Gasteiger partial charge on any atom is -0.355 e. The molecule has 4 rings (SSSR count). The van der Waals surface area contributed by atoms with Crippen molar-refractivity contribution in [3.05, 3.63) is 58.7 Å². The van der Waals surface area contributed by atoms with Crippen LogP contribution in [0.25, 0.3) is 0 Å². The smallest absolute Gasteiger partial charge is 0.254 e. The largest absolute Gasteiger partial charge is 0.355 e. The number of pyridine rings is 1. The fourth-order valence-corrected chi connectivity index (χ4v) is 4.20. The molecule has 3 aromatic heterocycles. The molecule has 0 unspecified atom stereocenters. The maximum absolute atomic E-state index is 12.2. The predicted octanol–water partition coefficient (Wildman–Crippen LogP) is 2.53. The van der Waals surface area contributed by atoms with Crippen LogP contribution in [-0.4, -0.2) is 45.6 Å². The molecule has 0 aromatic carbocycles. The normalized spacial score (nSPS) is 17.1. The minimum absolute atomic E-state index is 0.106. The van der Waals surface area contributed by atoms with E-state index in [4.69, 9.17) is 0 Å². The van der Waals surface area contributed by atoms with Gasteiger partial charge in [0.05, 0.1) is 23.3 Å². The topological polar surface area (TPSA) is 75.9 Å². The van der Waals surface area contributed by atoms with Crippen molar-refractivity contribution in [2.24, 2.45) is 0 Å². The van der Waals surface area contributed by atoms with E-state index in [1.54, 1.807) is 30.6 Å². The fourth-order valence-electron chi connectivity index (χ4n) is 3.65. The molecule has 0 spiro atoms. The number of aromatic nitrogens is 4. The number of imidazole rings is 1. The van der Waals surface area contributed by atoms with Crippen molar-refractivity contribution in [1.29, 1.82) is 0 Å². The minimum atomic E-state index is -0.106. The van der Waals surface area contributed by atoms with Crippen LogP contribution < -0.4 is 10.2 Å². The van der Waals surface area contributed by atoms with Gasteiger partial charge in [-0.3, -0.25) is 4.79 Å². The van der Waals surface area contributed by atoms with E-state index in [1.165, 1.54) is 0 Å². The number of carbonyl (C=O) groups is 1. The van der Waals surface area contributed by atoms with Crippen molar-refractivity contribution in [3.63, 3.8) is 0 Å². The van der Waals surface area contributed by atoms with Gasteiger partial charge in [-0.1, -0.05) is 0 Å². The summed E-state index contributed by atoms with van der Waals surface area (Å²) < 4.78 is 2.18. The summed E-state index contributed by atoms with van der Waals surface area (Å²) in [6.07, 6.45) is 7.74. The molecule has 7 nitrogen and oxygen atoms in total. The van der Waals surface area contributed by atoms with Crippen LogP contribution in [0.15, 0.2) is 41.6 Å². The van der Waals surface area contributed by atoms with E-state index in [1.807, 2.05) is 24.0 Å². The first-order valence-corrected chi connectivity index (χ1v) is 10.0. The standard InChI is InChI=1S/C19H22N6OS/c1-20-19(26)16-5-2-6-21-18(16)24-8-3-4-14(10-24)17-22-7-9-25(17)11-15-12-27-13-23-15/h2,5-7,9,12-14H,3-4,8,10-11H2,1H3,(H,20,26)/t14-/m0/s1. The molecule has 3 aromatic rings. The van der Waals surface area contributed by atoms with Crippen molar-refractivity contribution >= 4 is 23.1 Å². The molecule has 27 heavy (non-hydrogen) atoms. The molecule has 1 atom stereocenters. The van der Waals surface area contributed by atoms with Crippen LogP contribution in [0.1, 0.15) is 40.6 Å². The highest BCUT2D eigenvalue weighted by molar-refractivity contribution is 7.07. The Morgan fingerprint density at radius 1 is 1.33 bits per heavy atom. The molecule has 0 radical (unpaired) electrons. The van der Waals surface area contributed by atoms with Gasteiger partial charge in [-0.15, -0.1) is 11.3 Å². The third-order valence-electron chi connectivity index (χ3n) is 4.91. The first-order chi connectivity index (χ1) is 13.3. The lowest BCUT2D eigenvalue weighted by molar-refractivity contribution is 0.0963. The SMILES string of the molecule is CNC(=O)c1cccnc1N1CCC[C@H](c2nccn2Cc2cscn2)C1. The number of hydrogen-bond acceptors (Lipinski definition) is 6. The van der Waals surface area contributed by atoms with Gasteiger partial charge in [0.2, 0.25) is 0 Å². The van der Waals surface area contributed by atoms with Gasteiger partial charge in [0.25, 0.3) is 5.91 Å². The number of piperidine rings is 1. The van der Waals surface area contributed by atoms with Gasteiger partial charge in [-0.2, -0.15) is 0 Å². The summed E-state index contributed by atoms with van der Waals surface area (Å²) >= 11 is 1.61. The Labute approximate surface area is 162 Å². The number of nitrogens with one attached hydrogen (secondary N) is 1. The number of hydrogen-bond donors (Lipinski definition) is 1. The first-order valence-electron chi connectivity index (χ1n) is 9.06. The molecule has 1 aliphatic heterocycles. The van der Waals surface area contributed by atoms with E-state index in [9.17, 15) is 4.79 Å². The van der Waals surface area contributed by atoms with Gasteiger partial charge in [0.1, 0.15) is 11.6 Å². The average Bonchev–Trinajstić information content (AvgIpc) is 3.40. The van der Waals surface area contributed by atoms with Gasteiger partial charge < -0.3 is 14.8 Å². The summed E-state index contributed by atoms with van der Waals surface area (Å²) in [4.78, 5) is 27.9. The molecule has 0 aliphatic carbocycles. The van der Waals surface area contributed by atoms with E-state index in [-0.39, 0.29) is 5.91 Å². The van der Waals surface area contributed by atoms with Gasteiger partial charge in [0.15, 0.2) is 0 Å². The van der Waals surface area contributed by atoms with Crippen molar-refractivity contribution in [2.45, 2.75) is 25.3 Å². The Morgan fingerprint density at radius 3 is 3.07 bits per heavy atom. The molecule has 8 heteroatoms. The van der Waals surface area contributed by atoms with Crippen molar-refractivity contribution in [2.75, 3.05) is 25.0 Å². The molecular weight excluding hydrogens is 360 g/mol. The third-order valence-corrected chi connectivity index (χ3v) is 5.54. The van der Waals surface area contributed by atoms with Gasteiger partial charge in [-0.05, 0) is 25.0 Å². The summed E-state index contributed by atoms with van der Waals surface area (Å²) in [5.41, 5.74) is 3.53. The maximum Gasteiger partial charge on any atom is 0.254 e. The quantitative estimate of drug-likeness (QED) is 0.734. The van der Waals surface area contributed by atoms with Crippen molar-refractivity contribution in [1.82, 2.24) is 24.8 Å². The van der Waals surface area contributed by atoms with E-state index in [2.05, 4.69) is 35.1 Å². The number of anilines is 1. The van der Waals surface area contributed by atoms with Crippen LogP contribution in [0.4, 0.5) is 5.82 Å². The number of thiazole rings is 1. The summed E-state index contributed by atoms with van der Waals surface area (Å²) in [5, 5.41) is 4.78. The van der Waals surface area contributed by atoms with E-state index in [0.717, 1.165) is 49.8 Å². The zero-order valence-corrected chi connectivity index (χ0v) is 16.0. The molecule has 140 valence electrons. The Kier molecular flexibility index (Phi) is 5.15. The summed E-state index contributed by atoms with van der Waals surface area (Å²) in [6, 6.07) is 3.63. The molecule has 0 saturated carbocycles. The lowest BCUT2D eigenvalue weighted by atomic mass is 9.96. The van der Waals surface area contributed by atoms with Crippen LogP contribution >= 0.6 is 11.3 Å². The number of nitrogens with zero attached hydrogens (tertiary/aromatic N) is 5. The second-order valence-corrected chi connectivity index (χ2v) is 7.35. The zero-order valence-electron chi connectivity index (χ0n) is 15.2. The molecule has 1 saturated heterocycles.